The number of fused-ring (bicyclic) bond motifs is 1. The predicted octanol–water partition coefficient (Wildman–Crippen LogP) is 6.46. The maximum absolute atomic E-state index is 12.4. The number of para-hydroxylation sites is 1. The van der Waals surface area contributed by atoms with Crippen LogP contribution in [-0.4, -0.2) is 16.2 Å². The molecule has 0 bridgehead atoms. The highest BCUT2D eigenvalue weighted by Crippen LogP contribution is 2.26. The third kappa shape index (κ3) is 4.36. The van der Waals surface area contributed by atoms with Crippen LogP contribution in [0.3, 0.4) is 0 Å². The maximum Gasteiger partial charge on any atom is 0.276 e. The van der Waals surface area contributed by atoms with Crippen molar-refractivity contribution in [1.29, 1.82) is 0 Å². The van der Waals surface area contributed by atoms with Gasteiger partial charge in [-0.05, 0) is 48.0 Å². The molecule has 0 fully saturated rings. The number of nitrogens with one attached hydrogen (secondary N) is 1. The fraction of sp³-hybridized carbons (Fsp3) is 0. The van der Waals surface area contributed by atoms with Gasteiger partial charge in [-0.15, -0.1) is 38.5 Å². The van der Waals surface area contributed by atoms with Crippen LogP contribution < -0.4 is 10.1 Å². The molecular weight excluding hydrogens is 576 g/mol. The van der Waals surface area contributed by atoms with Crippen LogP contribution in [-0.2, 0) is 4.79 Å². The van der Waals surface area contributed by atoms with Gasteiger partial charge in [0.05, 0.1) is 11.4 Å². The zero-order valence-electron chi connectivity index (χ0n) is 16.3. The first-order chi connectivity index (χ1) is 15.1. The summed E-state index contributed by atoms with van der Waals surface area (Å²) in [5.74, 6) is -0.257. The Kier molecular flexibility index (Phi) is 6.76. The van der Waals surface area contributed by atoms with Crippen molar-refractivity contribution in [2.24, 2.45) is 10.2 Å². The maximum atomic E-state index is 12.4. The lowest BCUT2D eigenvalue weighted by Crippen LogP contribution is -2.16. The van der Waals surface area contributed by atoms with Crippen molar-refractivity contribution in [2.45, 2.75) is 0 Å². The fourth-order valence-corrected chi connectivity index (χ4v) is 4.58. The molecule has 32 heavy (non-hydrogen) atoms. The number of aromatic nitrogens is 1. The highest BCUT2D eigenvalue weighted by atomic mass is 79.9. The van der Waals surface area contributed by atoms with Crippen molar-refractivity contribution in [3.8, 4) is 16.9 Å². The number of halogens is 3. The van der Waals surface area contributed by atoms with Crippen molar-refractivity contribution >= 4 is 73.2 Å². The number of nitrogens with zero attached hydrogens (tertiary/aromatic N) is 3. The lowest BCUT2D eigenvalue weighted by molar-refractivity contribution is -0.110. The van der Waals surface area contributed by atoms with E-state index in [1.54, 1.807) is 0 Å². The SMILES string of the molecule is Br.O=C1Nc2ccccc2/C1=N/N=c1\scc(-c2ccc(Br)cc2)n1-c1ccc(Cl)cc1. The average molecular weight is 591 g/mol. The highest BCUT2D eigenvalue weighted by Gasteiger charge is 2.25. The molecule has 0 saturated heterocycles. The molecule has 1 aromatic heterocycles. The number of rotatable bonds is 3. The molecule has 1 aliphatic rings. The van der Waals surface area contributed by atoms with Crippen LogP contribution in [0.4, 0.5) is 5.69 Å². The van der Waals surface area contributed by atoms with E-state index in [0.717, 1.165) is 32.7 Å². The summed E-state index contributed by atoms with van der Waals surface area (Å²) in [5, 5.41) is 14.3. The first-order valence-corrected chi connectivity index (χ1v) is 11.4. The van der Waals surface area contributed by atoms with Gasteiger partial charge in [0.25, 0.3) is 5.91 Å². The molecule has 2 heterocycles. The quantitative estimate of drug-likeness (QED) is 0.274. The average Bonchev–Trinajstić information content (AvgIpc) is 3.34. The zero-order chi connectivity index (χ0) is 21.4. The number of carbonyl (C=O) groups excluding carboxylic acids is 1. The summed E-state index contributed by atoms with van der Waals surface area (Å²) in [7, 11) is 0. The van der Waals surface area contributed by atoms with Gasteiger partial charge in [-0.2, -0.15) is 0 Å². The van der Waals surface area contributed by atoms with Gasteiger partial charge in [-0.1, -0.05) is 57.9 Å². The van der Waals surface area contributed by atoms with Gasteiger partial charge in [0, 0.05) is 26.1 Å². The molecule has 1 N–H and O–H groups in total. The summed E-state index contributed by atoms with van der Waals surface area (Å²) < 4.78 is 3.01. The third-order valence-corrected chi connectivity index (χ3v) is 6.41. The van der Waals surface area contributed by atoms with Crippen LogP contribution in [0, 0.1) is 0 Å². The molecule has 160 valence electrons. The minimum Gasteiger partial charge on any atom is -0.320 e. The van der Waals surface area contributed by atoms with Gasteiger partial charge in [0.2, 0.25) is 4.80 Å². The van der Waals surface area contributed by atoms with Gasteiger partial charge < -0.3 is 5.32 Å². The smallest absolute Gasteiger partial charge is 0.276 e. The van der Waals surface area contributed by atoms with Crippen molar-refractivity contribution < 1.29 is 4.79 Å². The standard InChI is InChI=1S/C23H14BrClN4OS.BrH/c24-15-7-5-14(6-8-15)20-13-31-23(29(20)17-11-9-16(25)10-12-17)28-27-21-18-3-1-2-4-19(18)26-22(21)30;/h1-13H,(H,26,27,30);1H/b28-23-;. The second-order valence-electron chi connectivity index (χ2n) is 6.77. The van der Waals surface area contributed by atoms with E-state index in [-0.39, 0.29) is 22.9 Å². The van der Waals surface area contributed by atoms with E-state index in [2.05, 4.69) is 31.4 Å². The second kappa shape index (κ2) is 9.54. The number of carbonyl (C=O) groups is 1. The summed E-state index contributed by atoms with van der Waals surface area (Å²) in [4.78, 5) is 13.0. The van der Waals surface area contributed by atoms with Crippen molar-refractivity contribution in [2.75, 3.05) is 5.32 Å². The molecule has 4 aromatic rings. The van der Waals surface area contributed by atoms with E-state index in [9.17, 15) is 4.79 Å². The Balaban J connectivity index is 0.00000245. The lowest BCUT2D eigenvalue weighted by atomic mass is 10.1. The molecule has 0 unspecified atom stereocenters. The van der Waals surface area contributed by atoms with E-state index in [1.165, 1.54) is 11.3 Å². The van der Waals surface area contributed by atoms with E-state index in [4.69, 9.17) is 11.6 Å². The molecule has 5 rings (SSSR count). The first-order valence-electron chi connectivity index (χ1n) is 9.35. The van der Waals surface area contributed by atoms with Gasteiger partial charge in [-0.3, -0.25) is 9.36 Å². The van der Waals surface area contributed by atoms with Crippen LogP contribution in [0.1, 0.15) is 5.56 Å². The molecule has 0 saturated carbocycles. The van der Waals surface area contributed by atoms with Crippen LogP contribution in [0.15, 0.2) is 92.9 Å². The number of thiazole rings is 1. The molecule has 1 amide bonds. The zero-order valence-corrected chi connectivity index (χ0v) is 21.2. The van der Waals surface area contributed by atoms with E-state index in [0.29, 0.717) is 15.5 Å². The molecule has 5 nitrogen and oxygen atoms in total. The van der Waals surface area contributed by atoms with Crippen LogP contribution in [0.25, 0.3) is 16.9 Å². The summed E-state index contributed by atoms with van der Waals surface area (Å²) in [6.07, 6.45) is 0. The second-order valence-corrected chi connectivity index (χ2v) is 8.96. The van der Waals surface area contributed by atoms with Crippen LogP contribution in [0.5, 0.6) is 0 Å². The van der Waals surface area contributed by atoms with E-state index >= 15 is 0 Å². The third-order valence-electron chi connectivity index (χ3n) is 4.81. The molecule has 3 aromatic carbocycles. The Morgan fingerprint density at radius 2 is 1.66 bits per heavy atom. The summed E-state index contributed by atoms with van der Waals surface area (Å²) >= 11 is 11.0. The van der Waals surface area contributed by atoms with Crippen LogP contribution >= 0.6 is 55.8 Å². The van der Waals surface area contributed by atoms with E-state index in [1.807, 2.05) is 82.7 Å². The highest BCUT2D eigenvalue weighted by molar-refractivity contribution is 9.10. The Bertz CT molecular complexity index is 1390. The summed E-state index contributed by atoms with van der Waals surface area (Å²) in [5.41, 5.74) is 4.70. The van der Waals surface area contributed by atoms with Gasteiger partial charge in [-0.25, -0.2) is 0 Å². The fourth-order valence-electron chi connectivity index (χ4n) is 3.34. The number of anilines is 1. The minimum atomic E-state index is -0.257. The lowest BCUT2D eigenvalue weighted by Gasteiger charge is -2.09. The van der Waals surface area contributed by atoms with Crippen molar-refractivity contribution in [3.05, 3.63) is 98.0 Å². The molecule has 0 aliphatic carbocycles. The molecule has 0 radical (unpaired) electrons. The number of amides is 1. The van der Waals surface area contributed by atoms with Gasteiger partial charge in [0.15, 0.2) is 5.71 Å². The van der Waals surface area contributed by atoms with Gasteiger partial charge >= 0.3 is 0 Å². The van der Waals surface area contributed by atoms with Crippen LogP contribution in [0.2, 0.25) is 5.02 Å². The number of benzene rings is 3. The molecule has 0 spiro atoms. The monoisotopic (exact) mass is 588 g/mol. The van der Waals surface area contributed by atoms with Crippen molar-refractivity contribution in [1.82, 2.24) is 4.57 Å². The van der Waals surface area contributed by atoms with Crippen molar-refractivity contribution in [3.63, 3.8) is 0 Å². The van der Waals surface area contributed by atoms with E-state index < -0.39 is 0 Å². The molecule has 9 heteroatoms. The normalized spacial score (nSPS) is 14.2. The number of hydrogen-bond acceptors (Lipinski definition) is 4. The Morgan fingerprint density at radius 3 is 2.41 bits per heavy atom. The summed E-state index contributed by atoms with van der Waals surface area (Å²) in [6, 6.07) is 23.1. The predicted molar refractivity (Wildman–Crippen MR) is 139 cm³/mol. The molecule has 0 atom stereocenters. The largest absolute Gasteiger partial charge is 0.320 e. The number of hydrogen-bond donors (Lipinski definition) is 1. The minimum absolute atomic E-state index is 0. The summed E-state index contributed by atoms with van der Waals surface area (Å²) in [6.45, 7) is 0. The molecule has 1 aliphatic heterocycles. The Hall–Kier alpha value is -2.52. The topological polar surface area (TPSA) is 58.8 Å². The Morgan fingerprint density at radius 1 is 0.938 bits per heavy atom. The Labute approximate surface area is 212 Å². The first kappa shape index (κ1) is 22.7. The van der Waals surface area contributed by atoms with Gasteiger partial charge in [0.1, 0.15) is 0 Å². The molecular formula is C23H15Br2ClN4OS.